The number of carbonyl (C=O) groups excluding carboxylic acids is 1. The second-order valence-electron chi connectivity index (χ2n) is 4.70. The van der Waals surface area contributed by atoms with Gasteiger partial charge in [0, 0.05) is 28.3 Å². The summed E-state index contributed by atoms with van der Waals surface area (Å²) in [7, 11) is 0. The number of rotatable bonds is 5. The summed E-state index contributed by atoms with van der Waals surface area (Å²) in [6, 6.07) is 7.20. The van der Waals surface area contributed by atoms with Crippen molar-refractivity contribution in [2.45, 2.75) is 12.8 Å². The summed E-state index contributed by atoms with van der Waals surface area (Å²) >= 11 is 10.9. The Morgan fingerprint density at radius 2 is 2.26 bits per heavy atom. The van der Waals surface area contributed by atoms with Crippen LogP contribution in [0.2, 0.25) is 5.02 Å². The molecule has 1 aromatic carbocycles. The van der Waals surface area contributed by atoms with Crippen LogP contribution < -0.4 is 5.32 Å². The van der Waals surface area contributed by atoms with E-state index in [4.69, 9.17) is 16.1 Å². The molecular weight excluding hydrogens is 402 g/mol. The number of anilines is 1. The molecule has 23 heavy (non-hydrogen) atoms. The first-order valence-electron chi connectivity index (χ1n) is 6.72. The van der Waals surface area contributed by atoms with Gasteiger partial charge in [-0.1, -0.05) is 32.7 Å². The fraction of sp³-hybridized carbons (Fsp3) is 0.133. The number of hydrogen-bond donors (Lipinski definition) is 1. The van der Waals surface area contributed by atoms with Crippen LogP contribution in [0.4, 0.5) is 5.69 Å². The lowest BCUT2D eigenvalue weighted by Gasteiger charge is -2.06. The Morgan fingerprint density at radius 3 is 3.00 bits per heavy atom. The summed E-state index contributed by atoms with van der Waals surface area (Å²) in [6.07, 6.45) is 0.606. The molecule has 0 aliphatic heterocycles. The lowest BCUT2D eigenvalue weighted by atomic mass is 10.2. The van der Waals surface area contributed by atoms with E-state index in [0.29, 0.717) is 28.8 Å². The molecule has 2 aromatic heterocycles. The molecule has 0 fully saturated rings. The van der Waals surface area contributed by atoms with E-state index in [1.54, 1.807) is 23.5 Å². The predicted octanol–water partition coefficient (Wildman–Crippen LogP) is 4.79. The van der Waals surface area contributed by atoms with Crippen LogP contribution in [-0.2, 0) is 11.2 Å². The van der Waals surface area contributed by atoms with Gasteiger partial charge in [0.25, 0.3) is 0 Å². The average molecular weight is 413 g/mol. The Morgan fingerprint density at radius 1 is 1.39 bits per heavy atom. The number of benzene rings is 1. The van der Waals surface area contributed by atoms with Gasteiger partial charge in [-0.05, 0) is 29.6 Å². The van der Waals surface area contributed by atoms with Crippen molar-refractivity contribution in [2.24, 2.45) is 0 Å². The van der Waals surface area contributed by atoms with Gasteiger partial charge >= 0.3 is 0 Å². The first-order chi connectivity index (χ1) is 11.1. The van der Waals surface area contributed by atoms with Crippen LogP contribution in [0.5, 0.6) is 0 Å². The fourth-order valence-electron chi connectivity index (χ4n) is 1.89. The zero-order chi connectivity index (χ0) is 16.2. The Labute approximate surface area is 149 Å². The average Bonchev–Trinajstić information content (AvgIpc) is 3.18. The lowest BCUT2D eigenvalue weighted by molar-refractivity contribution is -0.116. The largest absolute Gasteiger partial charge is 0.339 e. The van der Waals surface area contributed by atoms with E-state index in [2.05, 4.69) is 31.4 Å². The molecule has 0 aliphatic rings. The monoisotopic (exact) mass is 411 g/mol. The van der Waals surface area contributed by atoms with E-state index in [-0.39, 0.29) is 12.3 Å². The Bertz CT molecular complexity index is 820. The highest BCUT2D eigenvalue weighted by Crippen LogP contribution is 2.26. The highest BCUT2D eigenvalue weighted by molar-refractivity contribution is 9.10. The van der Waals surface area contributed by atoms with E-state index in [1.165, 1.54) is 0 Å². The number of aryl methyl sites for hydroxylation is 1. The van der Waals surface area contributed by atoms with Gasteiger partial charge in [-0.25, -0.2) is 0 Å². The zero-order valence-electron chi connectivity index (χ0n) is 11.8. The fourth-order valence-corrected chi connectivity index (χ4v) is 3.24. The predicted molar refractivity (Wildman–Crippen MR) is 93.7 cm³/mol. The summed E-state index contributed by atoms with van der Waals surface area (Å²) < 4.78 is 6.01. The second-order valence-corrected chi connectivity index (χ2v) is 6.80. The van der Waals surface area contributed by atoms with E-state index in [0.717, 1.165) is 10.0 Å². The molecule has 0 saturated carbocycles. The standard InChI is InChI=1S/C15H11BrClN3O2S/c16-10-1-2-12(11(17)7-10)18-13(21)3-4-14-19-15(20-22-14)9-5-6-23-8-9/h1-2,5-8H,3-4H2,(H,18,21). The molecule has 0 bridgehead atoms. The molecule has 0 radical (unpaired) electrons. The smallest absolute Gasteiger partial charge is 0.227 e. The molecule has 0 aliphatic carbocycles. The summed E-state index contributed by atoms with van der Waals surface area (Å²) in [4.78, 5) is 16.3. The third kappa shape index (κ3) is 4.19. The van der Waals surface area contributed by atoms with Crippen molar-refractivity contribution in [3.63, 3.8) is 0 Å². The van der Waals surface area contributed by atoms with Crippen molar-refractivity contribution < 1.29 is 9.32 Å². The number of nitrogens with one attached hydrogen (secondary N) is 1. The van der Waals surface area contributed by atoms with Gasteiger partial charge in [-0.3, -0.25) is 4.79 Å². The van der Waals surface area contributed by atoms with Crippen LogP contribution in [-0.4, -0.2) is 16.0 Å². The quantitative estimate of drug-likeness (QED) is 0.654. The van der Waals surface area contributed by atoms with Gasteiger partial charge < -0.3 is 9.84 Å². The minimum atomic E-state index is -0.162. The molecule has 1 amide bonds. The first kappa shape index (κ1) is 16.2. The van der Waals surface area contributed by atoms with Crippen molar-refractivity contribution in [1.29, 1.82) is 0 Å². The van der Waals surface area contributed by atoms with Gasteiger partial charge in [0.15, 0.2) is 0 Å². The number of hydrogen-bond acceptors (Lipinski definition) is 5. The Balaban J connectivity index is 1.57. The number of halogens is 2. The minimum Gasteiger partial charge on any atom is -0.339 e. The molecule has 2 heterocycles. The molecule has 0 atom stereocenters. The second kappa shape index (κ2) is 7.25. The Kier molecular flexibility index (Phi) is 5.09. The summed E-state index contributed by atoms with van der Waals surface area (Å²) in [5.74, 6) is 0.811. The highest BCUT2D eigenvalue weighted by Gasteiger charge is 2.12. The van der Waals surface area contributed by atoms with Crippen LogP contribution >= 0.6 is 38.9 Å². The van der Waals surface area contributed by atoms with Crippen LogP contribution in [0.1, 0.15) is 12.3 Å². The molecule has 0 saturated heterocycles. The lowest BCUT2D eigenvalue weighted by Crippen LogP contribution is -2.12. The SMILES string of the molecule is O=C(CCc1nc(-c2ccsc2)no1)Nc1ccc(Br)cc1Cl. The number of nitrogens with zero attached hydrogens (tertiary/aromatic N) is 2. The molecular formula is C15H11BrClN3O2S. The van der Waals surface area contributed by atoms with Gasteiger partial charge in [0.05, 0.1) is 10.7 Å². The maximum absolute atomic E-state index is 12.0. The van der Waals surface area contributed by atoms with Gasteiger partial charge in [0.1, 0.15) is 0 Å². The van der Waals surface area contributed by atoms with Crippen molar-refractivity contribution in [3.8, 4) is 11.4 Å². The highest BCUT2D eigenvalue weighted by atomic mass is 79.9. The number of aromatic nitrogens is 2. The van der Waals surface area contributed by atoms with Crippen molar-refractivity contribution in [1.82, 2.24) is 10.1 Å². The van der Waals surface area contributed by atoms with Gasteiger partial charge in [0.2, 0.25) is 17.6 Å². The number of carbonyl (C=O) groups is 1. The van der Waals surface area contributed by atoms with Gasteiger partial charge in [-0.15, -0.1) is 0 Å². The molecule has 5 nitrogen and oxygen atoms in total. The van der Waals surface area contributed by atoms with E-state index < -0.39 is 0 Å². The van der Waals surface area contributed by atoms with E-state index >= 15 is 0 Å². The van der Waals surface area contributed by atoms with Crippen molar-refractivity contribution in [2.75, 3.05) is 5.32 Å². The summed E-state index contributed by atoms with van der Waals surface area (Å²) in [5.41, 5.74) is 1.49. The molecule has 3 rings (SSSR count). The summed E-state index contributed by atoms with van der Waals surface area (Å²) in [5, 5.41) is 11.0. The first-order valence-corrected chi connectivity index (χ1v) is 8.83. The third-order valence-electron chi connectivity index (χ3n) is 3.02. The summed E-state index contributed by atoms with van der Waals surface area (Å²) in [6.45, 7) is 0. The maximum atomic E-state index is 12.0. The van der Waals surface area contributed by atoms with Crippen LogP contribution in [0.15, 0.2) is 44.0 Å². The van der Waals surface area contributed by atoms with Crippen molar-refractivity contribution >= 4 is 50.5 Å². The van der Waals surface area contributed by atoms with E-state index in [1.807, 2.05) is 22.9 Å². The number of amides is 1. The Hall–Kier alpha value is -1.70. The van der Waals surface area contributed by atoms with Crippen LogP contribution in [0.3, 0.4) is 0 Å². The zero-order valence-corrected chi connectivity index (χ0v) is 14.9. The van der Waals surface area contributed by atoms with E-state index in [9.17, 15) is 4.79 Å². The van der Waals surface area contributed by atoms with Crippen LogP contribution in [0.25, 0.3) is 11.4 Å². The third-order valence-corrected chi connectivity index (χ3v) is 4.51. The van der Waals surface area contributed by atoms with Crippen LogP contribution in [0, 0.1) is 0 Å². The maximum Gasteiger partial charge on any atom is 0.227 e. The van der Waals surface area contributed by atoms with Gasteiger partial charge in [-0.2, -0.15) is 16.3 Å². The molecule has 0 unspecified atom stereocenters. The molecule has 3 aromatic rings. The normalized spacial score (nSPS) is 10.7. The molecule has 8 heteroatoms. The van der Waals surface area contributed by atoms with Crippen molar-refractivity contribution in [3.05, 3.63) is 50.4 Å². The molecule has 118 valence electrons. The molecule has 1 N–H and O–H groups in total. The number of thiophene rings is 1. The topological polar surface area (TPSA) is 68.0 Å². The molecule has 0 spiro atoms. The minimum absolute atomic E-state index is 0.162.